The van der Waals surface area contributed by atoms with Crippen LogP contribution in [0, 0.1) is 19.7 Å². The molecule has 1 aliphatic heterocycles. The summed E-state index contributed by atoms with van der Waals surface area (Å²) in [4.78, 5) is 2.18. The molecule has 6 nitrogen and oxygen atoms in total. The molecule has 0 saturated heterocycles. The largest absolute Gasteiger partial charge is 0.276 e. The van der Waals surface area contributed by atoms with E-state index in [9.17, 15) is 21.2 Å². The molecule has 0 unspecified atom stereocenters. The molecule has 2 aromatic carbocycles. The van der Waals surface area contributed by atoms with Gasteiger partial charge in [0.2, 0.25) is 0 Å². The third kappa shape index (κ3) is 3.49. The molecule has 0 aromatic heterocycles. The van der Waals surface area contributed by atoms with Gasteiger partial charge < -0.3 is 0 Å². The molecule has 26 heavy (non-hydrogen) atoms. The van der Waals surface area contributed by atoms with Gasteiger partial charge in [0.05, 0.1) is 21.3 Å². The maximum Gasteiger partial charge on any atom is 0.276 e. The van der Waals surface area contributed by atoms with Crippen molar-refractivity contribution >= 4 is 25.6 Å². The summed E-state index contributed by atoms with van der Waals surface area (Å²) >= 11 is 0. The normalized spacial score (nSPS) is 17.7. The number of sulfone groups is 1. The number of nitrogens with one attached hydrogen (secondary N) is 1. The number of aryl methyl sites for hydroxylation is 2. The van der Waals surface area contributed by atoms with Crippen LogP contribution in [-0.4, -0.2) is 28.3 Å². The summed E-state index contributed by atoms with van der Waals surface area (Å²) < 4.78 is 62.9. The molecular weight excluding hydrogens is 379 g/mol. The van der Waals surface area contributed by atoms with E-state index in [1.807, 2.05) is 0 Å². The standard InChI is InChI=1S/C17H17FN2O4S2/c1-11-3-4-12(2)17(9-11)26(23,24)20-19-15-7-8-25(21,22)16-6-5-13(18)10-14(15)16/h3-6,9-10,20H,7-8H2,1-2H3/b19-15+. The van der Waals surface area contributed by atoms with Crippen molar-refractivity contribution in [1.29, 1.82) is 0 Å². The number of benzene rings is 2. The summed E-state index contributed by atoms with van der Waals surface area (Å²) in [6, 6.07) is 8.29. The Balaban J connectivity index is 2.02. The number of hydrogen-bond donors (Lipinski definition) is 1. The quantitative estimate of drug-likeness (QED) is 0.636. The molecule has 0 fully saturated rings. The molecule has 1 N–H and O–H groups in total. The zero-order chi connectivity index (χ0) is 19.1. The molecular formula is C17H17FN2O4S2. The highest BCUT2D eigenvalue weighted by Gasteiger charge is 2.28. The molecule has 0 bridgehead atoms. The van der Waals surface area contributed by atoms with Crippen molar-refractivity contribution in [3.05, 3.63) is 58.9 Å². The van der Waals surface area contributed by atoms with Gasteiger partial charge >= 0.3 is 0 Å². The van der Waals surface area contributed by atoms with E-state index in [4.69, 9.17) is 0 Å². The monoisotopic (exact) mass is 396 g/mol. The molecule has 1 aliphatic rings. The first-order valence-corrected chi connectivity index (χ1v) is 10.9. The molecule has 1 heterocycles. The van der Waals surface area contributed by atoms with E-state index in [1.165, 1.54) is 12.1 Å². The number of hydrazone groups is 1. The minimum absolute atomic E-state index is 0.00585. The SMILES string of the molecule is Cc1ccc(C)c(S(=O)(=O)N/N=C2\CCS(=O)(=O)c3ccc(F)cc32)c1. The second-order valence-electron chi connectivity index (χ2n) is 6.13. The summed E-state index contributed by atoms with van der Waals surface area (Å²) in [7, 11) is -7.47. The number of halogens is 1. The highest BCUT2D eigenvalue weighted by atomic mass is 32.2. The van der Waals surface area contributed by atoms with E-state index in [-0.39, 0.29) is 33.2 Å². The Hall–Kier alpha value is -2.26. The fourth-order valence-electron chi connectivity index (χ4n) is 2.75. The Morgan fingerprint density at radius 3 is 2.58 bits per heavy atom. The Bertz CT molecular complexity index is 1120. The van der Waals surface area contributed by atoms with Crippen molar-refractivity contribution in [1.82, 2.24) is 4.83 Å². The van der Waals surface area contributed by atoms with Gasteiger partial charge in [-0.3, -0.25) is 0 Å². The second kappa shape index (κ2) is 6.48. The van der Waals surface area contributed by atoms with Crippen LogP contribution in [-0.2, 0) is 19.9 Å². The lowest BCUT2D eigenvalue weighted by atomic mass is 10.1. The molecule has 0 saturated carbocycles. The van der Waals surface area contributed by atoms with Crippen LogP contribution in [0.15, 0.2) is 51.3 Å². The molecule has 0 amide bonds. The lowest BCUT2D eigenvalue weighted by Gasteiger charge is -2.18. The summed E-state index contributed by atoms with van der Waals surface area (Å²) in [5.74, 6) is -0.832. The zero-order valence-electron chi connectivity index (χ0n) is 14.2. The first-order valence-electron chi connectivity index (χ1n) is 7.78. The van der Waals surface area contributed by atoms with Crippen LogP contribution >= 0.6 is 0 Å². The summed E-state index contributed by atoms with van der Waals surface area (Å²) in [5, 5.41) is 3.90. The van der Waals surface area contributed by atoms with Crippen molar-refractivity contribution < 1.29 is 21.2 Å². The fourth-order valence-corrected chi connectivity index (χ4v) is 5.38. The van der Waals surface area contributed by atoms with E-state index in [2.05, 4.69) is 9.93 Å². The molecule has 0 radical (unpaired) electrons. The minimum Gasteiger partial charge on any atom is -0.224 e. The van der Waals surface area contributed by atoms with Crippen LogP contribution in [0.2, 0.25) is 0 Å². The van der Waals surface area contributed by atoms with Crippen molar-refractivity contribution in [2.45, 2.75) is 30.1 Å². The van der Waals surface area contributed by atoms with Crippen LogP contribution in [0.4, 0.5) is 4.39 Å². The van der Waals surface area contributed by atoms with Gasteiger partial charge in [-0.1, -0.05) is 12.1 Å². The third-order valence-corrected chi connectivity index (χ3v) is 7.25. The van der Waals surface area contributed by atoms with Crippen LogP contribution in [0.25, 0.3) is 0 Å². The number of hydrogen-bond acceptors (Lipinski definition) is 5. The van der Waals surface area contributed by atoms with Crippen LogP contribution < -0.4 is 4.83 Å². The van der Waals surface area contributed by atoms with Gasteiger partial charge in [-0.25, -0.2) is 12.8 Å². The van der Waals surface area contributed by atoms with Gasteiger partial charge in [-0.15, -0.1) is 0 Å². The lowest BCUT2D eigenvalue weighted by Crippen LogP contribution is -2.26. The molecule has 0 spiro atoms. The highest BCUT2D eigenvalue weighted by molar-refractivity contribution is 7.91. The zero-order valence-corrected chi connectivity index (χ0v) is 15.8. The second-order valence-corrected chi connectivity index (χ2v) is 9.84. The molecule has 9 heteroatoms. The lowest BCUT2D eigenvalue weighted by molar-refractivity contribution is 0.583. The number of fused-ring (bicyclic) bond motifs is 1. The summed E-state index contributed by atoms with van der Waals surface area (Å²) in [5.41, 5.74) is 1.60. The predicted octanol–water partition coefficient (Wildman–Crippen LogP) is 2.30. The Morgan fingerprint density at radius 2 is 1.85 bits per heavy atom. The maximum atomic E-state index is 13.6. The number of rotatable bonds is 3. The third-order valence-electron chi connectivity index (χ3n) is 4.13. The molecule has 138 valence electrons. The van der Waals surface area contributed by atoms with E-state index in [0.717, 1.165) is 17.7 Å². The maximum absolute atomic E-state index is 13.6. The summed E-state index contributed by atoms with van der Waals surface area (Å²) in [6.45, 7) is 3.44. The number of nitrogens with zero attached hydrogens (tertiary/aromatic N) is 1. The van der Waals surface area contributed by atoms with Crippen molar-refractivity contribution in [2.24, 2.45) is 5.10 Å². The van der Waals surface area contributed by atoms with Gasteiger partial charge in [0, 0.05) is 12.0 Å². The minimum atomic E-state index is -3.93. The Morgan fingerprint density at radius 1 is 1.12 bits per heavy atom. The van der Waals surface area contributed by atoms with Crippen molar-refractivity contribution in [3.63, 3.8) is 0 Å². The van der Waals surface area contributed by atoms with E-state index >= 15 is 0 Å². The molecule has 3 rings (SSSR count). The molecule has 0 aliphatic carbocycles. The average Bonchev–Trinajstić information content (AvgIpc) is 2.56. The van der Waals surface area contributed by atoms with E-state index in [1.54, 1.807) is 26.0 Å². The first kappa shape index (κ1) is 18.5. The average molecular weight is 396 g/mol. The smallest absolute Gasteiger partial charge is 0.224 e. The van der Waals surface area contributed by atoms with Gasteiger partial charge in [-0.05, 0) is 49.2 Å². The van der Waals surface area contributed by atoms with Crippen LogP contribution in [0.5, 0.6) is 0 Å². The van der Waals surface area contributed by atoms with E-state index < -0.39 is 25.7 Å². The van der Waals surface area contributed by atoms with Gasteiger partial charge in [0.15, 0.2) is 9.84 Å². The van der Waals surface area contributed by atoms with Crippen molar-refractivity contribution in [3.8, 4) is 0 Å². The Labute approximate surface area is 151 Å². The fraction of sp³-hybridized carbons (Fsp3) is 0.235. The molecule has 0 atom stereocenters. The predicted molar refractivity (Wildman–Crippen MR) is 95.8 cm³/mol. The van der Waals surface area contributed by atoms with Gasteiger partial charge in [-0.2, -0.15) is 18.4 Å². The van der Waals surface area contributed by atoms with Gasteiger partial charge in [0.25, 0.3) is 10.0 Å². The molecule has 2 aromatic rings. The van der Waals surface area contributed by atoms with Crippen LogP contribution in [0.3, 0.4) is 0 Å². The van der Waals surface area contributed by atoms with Crippen LogP contribution in [0.1, 0.15) is 23.1 Å². The Kier molecular flexibility index (Phi) is 4.61. The van der Waals surface area contributed by atoms with Crippen molar-refractivity contribution in [2.75, 3.05) is 5.75 Å². The topological polar surface area (TPSA) is 92.7 Å². The number of sulfonamides is 1. The van der Waals surface area contributed by atoms with Gasteiger partial charge in [0.1, 0.15) is 5.82 Å². The first-order chi connectivity index (χ1) is 12.1. The van der Waals surface area contributed by atoms with E-state index in [0.29, 0.717) is 5.56 Å². The highest BCUT2D eigenvalue weighted by Crippen LogP contribution is 2.26. The summed E-state index contributed by atoms with van der Waals surface area (Å²) in [6.07, 6.45) is -0.00585.